The van der Waals surface area contributed by atoms with Crippen molar-refractivity contribution >= 4 is 64.1 Å². The highest BCUT2D eigenvalue weighted by molar-refractivity contribution is 8.03. The molecule has 1 unspecified atom stereocenters. The Morgan fingerprint density at radius 1 is 0.946 bits per heavy atom. The molecule has 4 nitrogen and oxygen atoms in total. The molecule has 0 amide bonds. The first-order valence-electron chi connectivity index (χ1n) is 11.9. The van der Waals surface area contributed by atoms with Crippen LogP contribution in [0.1, 0.15) is 28.5 Å². The third-order valence-corrected chi connectivity index (χ3v) is 9.63. The molecule has 1 atom stereocenters. The van der Waals surface area contributed by atoms with Crippen molar-refractivity contribution in [1.29, 1.82) is 0 Å². The molecule has 8 heteroatoms. The second kappa shape index (κ2) is 9.03. The molecule has 1 N–H and O–H groups in total. The summed E-state index contributed by atoms with van der Waals surface area (Å²) in [4.78, 5) is 16.0. The summed E-state index contributed by atoms with van der Waals surface area (Å²) in [6.45, 7) is 0. The number of carbonyl (C=O) groups is 1. The van der Waals surface area contributed by atoms with Gasteiger partial charge in [0.2, 0.25) is 0 Å². The molecule has 7 rings (SSSR count). The fourth-order valence-corrected chi connectivity index (χ4v) is 7.94. The number of rotatable bonds is 2. The number of aryl methyl sites for hydroxylation is 1. The molecule has 0 saturated carbocycles. The van der Waals surface area contributed by atoms with E-state index in [1.54, 1.807) is 23.1 Å². The maximum Gasteiger partial charge on any atom is 0.342 e. The van der Waals surface area contributed by atoms with Crippen LogP contribution >= 0.6 is 46.9 Å². The number of hydrogen-bond donors (Lipinski definition) is 1. The molecule has 0 radical (unpaired) electrons. The molecular formula is C29H19ClN2O2S3. The highest BCUT2D eigenvalue weighted by Gasteiger charge is 2.43. The summed E-state index contributed by atoms with van der Waals surface area (Å²) in [7, 11) is 0. The van der Waals surface area contributed by atoms with Crippen LogP contribution in [0.15, 0.2) is 100 Å². The number of benzene rings is 3. The number of carbonyl (C=O) groups excluding carboxylic acids is 1. The number of hydrogen-bond acceptors (Lipinski definition) is 6. The van der Waals surface area contributed by atoms with Crippen LogP contribution in [0.5, 0.6) is 0 Å². The summed E-state index contributed by atoms with van der Waals surface area (Å²) in [6, 6.07) is 26.0. The van der Waals surface area contributed by atoms with Crippen LogP contribution < -0.4 is 5.32 Å². The summed E-state index contributed by atoms with van der Waals surface area (Å²) in [5, 5.41) is 4.93. The van der Waals surface area contributed by atoms with Gasteiger partial charge in [0.15, 0.2) is 3.95 Å². The zero-order chi connectivity index (χ0) is 25.1. The number of nitrogens with one attached hydrogen (secondary N) is 1. The summed E-state index contributed by atoms with van der Waals surface area (Å²) >= 11 is 15.4. The van der Waals surface area contributed by atoms with Crippen LogP contribution in [0, 0.1) is 3.95 Å². The highest BCUT2D eigenvalue weighted by atomic mass is 35.5. The molecule has 1 aliphatic carbocycles. The molecule has 182 valence electrons. The van der Waals surface area contributed by atoms with Crippen molar-refractivity contribution in [2.24, 2.45) is 0 Å². The lowest BCUT2D eigenvalue weighted by Crippen LogP contribution is -2.28. The number of aromatic nitrogens is 1. The van der Waals surface area contributed by atoms with Gasteiger partial charge in [-0.25, -0.2) is 4.79 Å². The van der Waals surface area contributed by atoms with Gasteiger partial charge in [-0.15, -0.1) is 11.3 Å². The molecule has 3 aromatic carbocycles. The minimum Gasteiger partial charge on any atom is -0.427 e. The average Bonchev–Trinajstić information content (AvgIpc) is 3.49. The maximum absolute atomic E-state index is 13.7. The van der Waals surface area contributed by atoms with E-state index in [1.165, 1.54) is 4.88 Å². The van der Waals surface area contributed by atoms with Gasteiger partial charge in [0.1, 0.15) is 5.76 Å². The lowest BCUT2D eigenvalue weighted by atomic mass is 9.78. The van der Waals surface area contributed by atoms with Crippen LogP contribution in [-0.4, -0.2) is 10.5 Å². The van der Waals surface area contributed by atoms with Gasteiger partial charge in [-0.1, -0.05) is 65.8 Å². The number of esters is 1. The van der Waals surface area contributed by atoms with Crippen molar-refractivity contribution in [2.45, 2.75) is 23.7 Å². The van der Waals surface area contributed by atoms with Crippen LogP contribution in [-0.2, 0) is 16.0 Å². The summed E-state index contributed by atoms with van der Waals surface area (Å²) in [5.74, 6) is 0.0701. The van der Waals surface area contributed by atoms with E-state index in [1.807, 2.05) is 60.7 Å². The smallest absolute Gasteiger partial charge is 0.342 e. The molecular weight excluding hydrogens is 540 g/mol. The highest BCUT2D eigenvalue weighted by Crippen LogP contribution is 2.54. The van der Waals surface area contributed by atoms with Crippen molar-refractivity contribution in [2.75, 3.05) is 5.32 Å². The minimum absolute atomic E-state index is 0.315. The number of anilines is 1. The monoisotopic (exact) mass is 558 g/mol. The number of nitrogens with zero attached hydrogens (tertiary/aromatic N) is 1. The number of thioether (sulfide) groups is 1. The standard InChI is InChI=1S/C29H19ClN2O2S3/c30-17-12-10-16(11-13-17)23-24-20(34-28(33)25(23)27-31-19-8-4-5-9-21(19)36-27)14-15-22-26(24)32(29(35)37-22)18-6-2-1-3-7-18/h1-13,23,31H,14-15H2/b27-25+. The molecule has 3 heterocycles. The Kier molecular flexibility index (Phi) is 5.62. The van der Waals surface area contributed by atoms with Gasteiger partial charge in [-0.2, -0.15) is 0 Å². The van der Waals surface area contributed by atoms with Gasteiger partial charge in [0.05, 0.1) is 22.0 Å². The summed E-state index contributed by atoms with van der Waals surface area (Å²) < 4.78 is 9.03. The second-order valence-electron chi connectivity index (χ2n) is 8.99. The van der Waals surface area contributed by atoms with Crippen molar-refractivity contribution in [3.63, 3.8) is 0 Å². The van der Waals surface area contributed by atoms with Gasteiger partial charge < -0.3 is 10.1 Å². The maximum atomic E-state index is 13.7. The number of ether oxygens (including phenoxy) is 1. The largest absolute Gasteiger partial charge is 0.427 e. The lowest BCUT2D eigenvalue weighted by molar-refractivity contribution is -0.136. The molecule has 0 saturated heterocycles. The van der Waals surface area contributed by atoms with Crippen LogP contribution in [0.4, 0.5) is 5.69 Å². The molecule has 3 aliphatic rings. The molecule has 0 bridgehead atoms. The van der Waals surface area contributed by atoms with Gasteiger partial charge in [0, 0.05) is 38.4 Å². The fraction of sp³-hybridized carbons (Fsp3) is 0.103. The van der Waals surface area contributed by atoms with Crippen LogP contribution in [0.3, 0.4) is 0 Å². The van der Waals surface area contributed by atoms with Crippen LogP contribution in [0.25, 0.3) is 11.3 Å². The summed E-state index contributed by atoms with van der Waals surface area (Å²) in [5.41, 5.74) is 5.62. The number of para-hydroxylation sites is 2. The quantitative estimate of drug-likeness (QED) is 0.152. The number of halogens is 1. The summed E-state index contributed by atoms with van der Waals surface area (Å²) in [6.07, 6.45) is 1.44. The Balaban J connectivity index is 1.50. The van der Waals surface area contributed by atoms with Crippen molar-refractivity contribution < 1.29 is 9.53 Å². The van der Waals surface area contributed by atoms with Crippen molar-refractivity contribution in [3.05, 3.63) is 120 Å². The topological polar surface area (TPSA) is 43.3 Å². The van der Waals surface area contributed by atoms with Crippen molar-refractivity contribution in [1.82, 2.24) is 4.57 Å². The van der Waals surface area contributed by atoms with E-state index in [-0.39, 0.29) is 11.9 Å². The Morgan fingerprint density at radius 2 is 1.70 bits per heavy atom. The van der Waals surface area contributed by atoms with E-state index >= 15 is 0 Å². The van der Waals surface area contributed by atoms with E-state index in [2.05, 4.69) is 28.1 Å². The Morgan fingerprint density at radius 3 is 2.49 bits per heavy atom. The second-order valence-corrected chi connectivity index (χ2v) is 12.2. The molecule has 1 aromatic heterocycles. The fourth-order valence-electron chi connectivity index (χ4n) is 5.24. The first-order valence-corrected chi connectivity index (χ1v) is 14.3. The van der Waals surface area contributed by atoms with Gasteiger partial charge in [-0.3, -0.25) is 4.57 Å². The third kappa shape index (κ3) is 3.80. The number of allylic oxidation sites excluding steroid dienone is 2. The predicted octanol–water partition coefficient (Wildman–Crippen LogP) is 8.35. The SMILES string of the molecule is O=C1OC2=C(c3c(sc(=S)n3-c3ccccc3)CC2)C(c2ccc(Cl)cc2)/C1=C1/Nc2ccccc2S1. The third-order valence-electron chi connectivity index (χ3n) is 6.84. The molecule has 0 fully saturated rings. The minimum atomic E-state index is -0.337. The Bertz CT molecular complexity index is 1670. The number of thiazole rings is 1. The van der Waals surface area contributed by atoms with Gasteiger partial charge >= 0.3 is 5.97 Å². The molecule has 4 aromatic rings. The average molecular weight is 559 g/mol. The van der Waals surface area contributed by atoms with Crippen LogP contribution in [0.2, 0.25) is 5.02 Å². The Labute approximate surface area is 232 Å². The molecule has 37 heavy (non-hydrogen) atoms. The van der Waals surface area contributed by atoms with Gasteiger partial charge in [-0.05, 0) is 60.6 Å². The van der Waals surface area contributed by atoms with E-state index in [9.17, 15) is 4.79 Å². The first kappa shape index (κ1) is 23.0. The lowest BCUT2D eigenvalue weighted by Gasteiger charge is -2.34. The van der Waals surface area contributed by atoms with E-state index in [0.29, 0.717) is 17.0 Å². The first-order chi connectivity index (χ1) is 18.1. The zero-order valence-corrected chi connectivity index (χ0v) is 22.6. The Hall–Kier alpha value is -3.10. The number of fused-ring (bicyclic) bond motifs is 3. The van der Waals surface area contributed by atoms with E-state index in [0.717, 1.165) is 54.3 Å². The van der Waals surface area contributed by atoms with Crippen molar-refractivity contribution in [3.8, 4) is 5.69 Å². The van der Waals surface area contributed by atoms with E-state index in [4.69, 9.17) is 28.6 Å². The zero-order valence-electron chi connectivity index (χ0n) is 19.4. The van der Waals surface area contributed by atoms with E-state index < -0.39 is 0 Å². The molecule has 0 spiro atoms. The predicted molar refractivity (Wildman–Crippen MR) is 153 cm³/mol. The molecule has 2 aliphatic heterocycles. The normalized spacial score (nSPS) is 20.1. The van der Waals surface area contributed by atoms with Gasteiger partial charge in [0.25, 0.3) is 0 Å².